The van der Waals surface area contributed by atoms with Crippen molar-refractivity contribution in [1.82, 2.24) is 9.88 Å². The van der Waals surface area contributed by atoms with Gasteiger partial charge in [0.25, 0.3) is 0 Å². The molecule has 7 heteroatoms. The summed E-state index contributed by atoms with van der Waals surface area (Å²) >= 11 is 1.71. The van der Waals surface area contributed by atoms with E-state index in [1.165, 1.54) is 4.70 Å². The molecule has 1 unspecified atom stereocenters. The molecule has 0 spiro atoms. The minimum Gasteiger partial charge on any atom is -0.342 e. The number of hydrogen-bond acceptors (Lipinski definition) is 4. The van der Waals surface area contributed by atoms with Crippen LogP contribution in [0.1, 0.15) is 24.8 Å². The van der Waals surface area contributed by atoms with Crippen LogP contribution in [0.25, 0.3) is 10.2 Å². The summed E-state index contributed by atoms with van der Waals surface area (Å²) in [4.78, 5) is 18.3. The number of thiazole rings is 1. The van der Waals surface area contributed by atoms with Crippen LogP contribution in [0, 0.1) is 0 Å². The molecule has 1 atom stereocenters. The fraction of sp³-hybridized carbons (Fsp3) is 0.467. The molecule has 1 heterocycles. The topological polar surface area (TPSA) is 59.2 Å². The second kappa shape index (κ2) is 10.0. The van der Waals surface area contributed by atoms with Crippen molar-refractivity contribution in [3.8, 4) is 0 Å². The zero-order chi connectivity index (χ0) is 14.5. The Morgan fingerprint density at radius 1 is 1.36 bits per heavy atom. The highest BCUT2D eigenvalue weighted by Crippen LogP contribution is 2.22. The molecule has 4 nitrogen and oxygen atoms in total. The van der Waals surface area contributed by atoms with E-state index in [0.29, 0.717) is 13.0 Å². The van der Waals surface area contributed by atoms with Crippen LogP contribution in [0.5, 0.6) is 0 Å². The number of carbonyl (C=O) groups excluding carboxylic acids is 1. The molecular weight excluding hydrogens is 341 g/mol. The van der Waals surface area contributed by atoms with E-state index in [-0.39, 0.29) is 36.8 Å². The first-order chi connectivity index (χ1) is 9.61. The predicted molar refractivity (Wildman–Crippen MR) is 98.3 cm³/mol. The van der Waals surface area contributed by atoms with E-state index in [1.54, 1.807) is 16.2 Å². The largest absolute Gasteiger partial charge is 0.342 e. The Kier molecular flexibility index (Phi) is 9.60. The highest BCUT2D eigenvalue weighted by atomic mass is 35.5. The average Bonchev–Trinajstić information content (AvgIpc) is 2.88. The van der Waals surface area contributed by atoms with Crippen molar-refractivity contribution in [2.45, 2.75) is 32.2 Å². The second-order valence-corrected chi connectivity index (χ2v) is 6.13. The Labute approximate surface area is 147 Å². The standard InChI is InChI=1S/C15H21N3OS.2ClH/c1-11(10-16)18(2)15(19)9-5-8-14-17-12-6-3-4-7-13(12)20-14;;/h3-4,6-7,11H,5,8-10,16H2,1-2H3;2*1H. The summed E-state index contributed by atoms with van der Waals surface area (Å²) < 4.78 is 1.21. The Morgan fingerprint density at radius 3 is 2.68 bits per heavy atom. The first kappa shape index (κ1) is 21.1. The van der Waals surface area contributed by atoms with Gasteiger partial charge in [0.15, 0.2) is 0 Å². The van der Waals surface area contributed by atoms with Crippen LogP contribution in [0.2, 0.25) is 0 Å². The number of aromatic nitrogens is 1. The number of nitrogens with zero attached hydrogens (tertiary/aromatic N) is 2. The lowest BCUT2D eigenvalue weighted by molar-refractivity contribution is -0.131. The number of aryl methyl sites for hydroxylation is 1. The van der Waals surface area contributed by atoms with Crippen molar-refractivity contribution < 1.29 is 4.79 Å². The van der Waals surface area contributed by atoms with Crippen molar-refractivity contribution in [1.29, 1.82) is 0 Å². The molecule has 0 aliphatic rings. The molecule has 2 aromatic rings. The summed E-state index contributed by atoms with van der Waals surface area (Å²) in [6.45, 7) is 2.46. The fourth-order valence-electron chi connectivity index (χ4n) is 2.00. The number of hydrogen-bond donors (Lipinski definition) is 1. The van der Waals surface area contributed by atoms with Gasteiger partial charge in [0.05, 0.1) is 15.2 Å². The summed E-state index contributed by atoms with van der Waals surface area (Å²) in [5.41, 5.74) is 6.62. The number of rotatable bonds is 6. The molecule has 124 valence electrons. The number of para-hydroxylation sites is 1. The van der Waals surface area contributed by atoms with E-state index in [2.05, 4.69) is 11.1 Å². The van der Waals surface area contributed by atoms with E-state index < -0.39 is 0 Å². The van der Waals surface area contributed by atoms with Crippen molar-refractivity contribution in [2.75, 3.05) is 13.6 Å². The van der Waals surface area contributed by atoms with Crippen LogP contribution in [0.15, 0.2) is 24.3 Å². The smallest absolute Gasteiger partial charge is 0.222 e. The molecule has 0 aliphatic heterocycles. The van der Waals surface area contributed by atoms with Crippen molar-refractivity contribution in [2.24, 2.45) is 5.73 Å². The first-order valence-electron chi connectivity index (χ1n) is 6.92. The summed E-state index contributed by atoms with van der Waals surface area (Å²) in [5, 5.41) is 1.11. The first-order valence-corrected chi connectivity index (χ1v) is 7.73. The van der Waals surface area contributed by atoms with Gasteiger partial charge >= 0.3 is 0 Å². The number of amides is 1. The monoisotopic (exact) mass is 363 g/mol. The molecule has 2 rings (SSSR count). The molecule has 1 amide bonds. The van der Waals surface area contributed by atoms with Gasteiger partial charge in [-0.15, -0.1) is 36.2 Å². The minimum atomic E-state index is 0. The van der Waals surface area contributed by atoms with Crippen LogP contribution < -0.4 is 5.73 Å². The summed E-state index contributed by atoms with van der Waals surface area (Å²) in [7, 11) is 1.82. The molecule has 1 aromatic heterocycles. The third-order valence-corrected chi connectivity index (χ3v) is 4.61. The van der Waals surface area contributed by atoms with E-state index in [9.17, 15) is 4.79 Å². The Hall–Kier alpha value is -0.880. The zero-order valence-corrected chi connectivity index (χ0v) is 15.3. The second-order valence-electron chi connectivity index (χ2n) is 5.02. The average molecular weight is 364 g/mol. The molecule has 0 bridgehead atoms. The SMILES string of the molecule is CC(CN)N(C)C(=O)CCCc1nc2ccccc2s1.Cl.Cl. The van der Waals surface area contributed by atoms with Gasteiger partial charge in [0, 0.05) is 26.1 Å². The van der Waals surface area contributed by atoms with E-state index in [0.717, 1.165) is 23.4 Å². The van der Waals surface area contributed by atoms with E-state index in [1.807, 2.05) is 32.2 Å². The van der Waals surface area contributed by atoms with Gasteiger partial charge in [-0.2, -0.15) is 0 Å². The van der Waals surface area contributed by atoms with Crippen LogP contribution >= 0.6 is 36.2 Å². The Balaban J connectivity index is 0.00000220. The van der Waals surface area contributed by atoms with Gasteiger partial charge < -0.3 is 10.6 Å². The van der Waals surface area contributed by atoms with Crippen LogP contribution in [0.4, 0.5) is 0 Å². The molecule has 1 aromatic carbocycles. The summed E-state index contributed by atoms with van der Waals surface area (Å²) in [5.74, 6) is 0.157. The molecule has 22 heavy (non-hydrogen) atoms. The maximum absolute atomic E-state index is 12.0. The normalized spacial score (nSPS) is 11.4. The van der Waals surface area contributed by atoms with E-state index in [4.69, 9.17) is 5.73 Å². The number of carbonyl (C=O) groups is 1. The number of benzene rings is 1. The maximum Gasteiger partial charge on any atom is 0.222 e. The number of fused-ring (bicyclic) bond motifs is 1. The highest BCUT2D eigenvalue weighted by Gasteiger charge is 2.14. The Morgan fingerprint density at radius 2 is 2.05 bits per heavy atom. The lowest BCUT2D eigenvalue weighted by atomic mass is 10.2. The number of nitrogens with two attached hydrogens (primary N) is 1. The lowest BCUT2D eigenvalue weighted by Gasteiger charge is -2.23. The van der Waals surface area contributed by atoms with Crippen molar-refractivity contribution >= 4 is 52.3 Å². The Bertz CT molecular complexity index is 558. The molecule has 0 saturated heterocycles. The number of likely N-dealkylation sites (N-methyl/N-ethyl adjacent to an activating group) is 1. The van der Waals surface area contributed by atoms with Crippen molar-refractivity contribution in [3.63, 3.8) is 0 Å². The molecule has 0 saturated carbocycles. The van der Waals surface area contributed by atoms with Gasteiger partial charge in [-0.3, -0.25) is 4.79 Å². The van der Waals surface area contributed by atoms with Gasteiger partial charge in [0.1, 0.15) is 0 Å². The van der Waals surface area contributed by atoms with Gasteiger partial charge in [0.2, 0.25) is 5.91 Å². The zero-order valence-electron chi connectivity index (χ0n) is 12.8. The van der Waals surface area contributed by atoms with Gasteiger partial charge in [-0.05, 0) is 31.9 Å². The predicted octanol–water partition coefficient (Wildman–Crippen LogP) is 3.27. The molecule has 2 N–H and O–H groups in total. The van der Waals surface area contributed by atoms with Crippen LogP contribution in [-0.2, 0) is 11.2 Å². The maximum atomic E-state index is 12.0. The third-order valence-electron chi connectivity index (χ3n) is 3.52. The highest BCUT2D eigenvalue weighted by molar-refractivity contribution is 7.18. The minimum absolute atomic E-state index is 0. The molecule has 0 fully saturated rings. The summed E-state index contributed by atoms with van der Waals surface area (Å²) in [6.07, 6.45) is 2.24. The van der Waals surface area contributed by atoms with Gasteiger partial charge in [-0.25, -0.2) is 4.98 Å². The van der Waals surface area contributed by atoms with Crippen LogP contribution in [0.3, 0.4) is 0 Å². The van der Waals surface area contributed by atoms with E-state index >= 15 is 0 Å². The quantitative estimate of drug-likeness (QED) is 0.856. The number of halogens is 2. The summed E-state index contributed by atoms with van der Waals surface area (Å²) in [6, 6.07) is 8.23. The molecule has 0 aliphatic carbocycles. The lowest BCUT2D eigenvalue weighted by Crippen LogP contribution is -2.39. The molecular formula is C15H23Cl2N3OS. The fourth-order valence-corrected chi connectivity index (χ4v) is 3.01. The molecule has 0 radical (unpaired) electrons. The third kappa shape index (κ3) is 5.39. The van der Waals surface area contributed by atoms with Gasteiger partial charge in [-0.1, -0.05) is 12.1 Å². The van der Waals surface area contributed by atoms with Crippen LogP contribution in [-0.4, -0.2) is 35.4 Å². The van der Waals surface area contributed by atoms with Crippen molar-refractivity contribution in [3.05, 3.63) is 29.3 Å².